The molecule has 0 aromatic heterocycles. The lowest BCUT2D eigenvalue weighted by Gasteiger charge is -2.22. The van der Waals surface area contributed by atoms with Gasteiger partial charge in [0.05, 0.1) is 21.3 Å². The summed E-state index contributed by atoms with van der Waals surface area (Å²) in [5.74, 6) is 0.866. The Morgan fingerprint density at radius 3 is 2.36 bits per heavy atom. The molecule has 8 nitrogen and oxygen atoms in total. The van der Waals surface area contributed by atoms with Gasteiger partial charge >= 0.3 is 0 Å². The van der Waals surface area contributed by atoms with E-state index in [1.807, 2.05) is 0 Å². The molecule has 0 saturated carbocycles. The Bertz CT molecular complexity index is 655. The zero-order chi connectivity index (χ0) is 20.5. The van der Waals surface area contributed by atoms with Crippen molar-refractivity contribution in [3.8, 4) is 17.2 Å². The summed E-state index contributed by atoms with van der Waals surface area (Å²) in [7, 11) is 4.49. The highest BCUT2D eigenvalue weighted by Gasteiger charge is 2.23. The largest absolute Gasteiger partial charge is 0.493 e. The third-order valence-electron chi connectivity index (χ3n) is 5.00. The maximum absolute atomic E-state index is 12.4. The molecule has 1 fully saturated rings. The van der Waals surface area contributed by atoms with Crippen LogP contribution in [0.5, 0.6) is 17.2 Å². The van der Waals surface area contributed by atoms with Crippen LogP contribution in [-0.2, 0) is 4.79 Å². The fourth-order valence-corrected chi connectivity index (χ4v) is 3.47. The number of ether oxygens (including phenoxy) is 3. The molecule has 0 bridgehead atoms. The standard InChI is InChI=1S/C20H31N3O5/c1-5-23-10-6-7-15(23)13-22-18(24)8-9-21-20(25)14-11-16(26-2)19(28-4)17(12-14)27-3/h11-12,15H,5-10,13H2,1-4H3,(H,21,25)(H,22,24)/t15-/m0/s1. The molecule has 28 heavy (non-hydrogen) atoms. The zero-order valence-electron chi connectivity index (χ0n) is 17.2. The Morgan fingerprint density at radius 1 is 1.11 bits per heavy atom. The average molecular weight is 393 g/mol. The van der Waals surface area contributed by atoms with Gasteiger partial charge in [0.15, 0.2) is 11.5 Å². The predicted octanol–water partition coefficient (Wildman–Crippen LogP) is 1.43. The molecule has 1 aromatic rings. The van der Waals surface area contributed by atoms with Crippen molar-refractivity contribution in [2.45, 2.75) is 32.2 Å². The summed E-state index contributed by atoms with van der Waals surface area (Å²) in [6, 6.07) is 3.58. The summed E-state index contributed by atoms with van der Waals surface area (Å²) in [6.45, 7) is 5.16. The number of hydrogen-bond donors (Lipinski definition) is 2. The lowest BCUT2D eigenvalue weighted by molar-refractivity contribution is -0.121. The van der Waals surface area contributed by atoms with Crippen LogP contribution in [0.4, 0.5) is 0 Å². The van der Waals surface area contributed by atoms with E-state index < -0.39 is 0 Å². The summed E-state index contributed by atoms with van der Waals surface area (Å²) >= 11 is 0. The van der Waals surface area contributed by atoms with Crippen LogP contribution < -0.4 is 24.8 Å². The van der Waals surface area contributed by atoms with E-state index in [9.17, 15) is 9.59 Å². The van der Waals surface area contributed by atoms with E-state index in [2.05, 4.69) is 22.5 Å². The Labute approximate surface area is 166 Å². The lowest BCUT2D eigenvalue weighted by Crippen LogP contribution is -2.40. The van der Waals surface area contributed by atoms with Gasteiger partial charge < -0.3 is 24.8 Å². The second-order valence-corrected chi connectivity index (χ2v) is 6.65. The maximum Gasteiger partial charge on any atom is 0.251 e. The number of carbonyl (C=O) groups excluding carboxylic acids is 2. The first-order chi connectivity index (χ1) is 13.5. The molecule has 1 heterocycles. The third-order valence-corrected chi connectivity index (χ3v) is 5.00. The van der Waals surface area contributed by atoms with Gasteiger partial charge in [-0.2, -0.15) is 0 Å². The molecule has 1 aliphatic rings. The molecule has 0 spiro atoms. The van der Waals surface area contributed by atoms with Crippen LogP contribution in [0.25, 0.3) is 0 Å². The highest BCUT2D eigenvalue weighted by atomic mass is 16.5. The van der Waals surface area contributed by atoms with E-state index in [-0.39, 0.29) is 24.8 Å². The predicted molar refractivity (Wildman–Crippen MR) is 106 cm³/mol. The molecule has 1 saturated heterocycles. The summed E-state index contributed by atoms with van der Waals surface area (Å²) in [4.78, 5) is 26.9. The van der Waals surface area contributed by atoms with E-state index in [1.54, 1.807) is 12.1 Å². The molecule has 0 aliphatic carbocycles. The van der Waals surface area contributed by atoms with Gasteiger partial charge in [0.1, 0.15) is 0 Å². The van der Waals surface area contributed by atoms with Crippen LogP contribution in [0.1, 0.15) is 36.5 Å². The average Bonchev–Trinajstić information content (AvgIpc) is 3.18. The second-order valence-electron chi connectivity index (χ2n) is 6.65. The number of likely N-dealkylation sites (N-methyl/N-ethyl adjacent to an activating group) is 1. The molecule has 1 aliphatic heterocycles. The van der Waals surface area contributed by atoms with Crippen molar-refractivity contribution >= 4 is 11.8 Å². The Balaban J connectivity index is 1.82. The molecule has 0 radical (unpaired) electrons. The third kappa shape index (κ3) is 5.51. The number of carbonyl (C=O) groups is 2. The number of methoxy groups -OCH3 is 3. The van der Waals surface area contributed by atoms with Crippen LogP contribution in [0.3, 0.4) is 0 Å². The van der Waals surface area contributed by atoms with Crippen molar-refractivity contribution in [2.24, 2.45) is 0 Å². The Hall–Kier alpha value is -2.48. The van der Waals surface area contributed by atoms with Gasteiger partial charge in [-0.25, -0.2) is 0 Å². The van der Waals surface area contributed by atoms with Crippen LogP contribution in [0.15, 0.2) is 12.1 Å². The van der Waals surface area contributed by atoms with Gasteiger partial charge in [-0.1, -0.05) is 6.92 Å². The van der Waals surface area contributed by atoms with Crippen molar-refractivity contribution in [3.05, 3.63) is 17.7 Å². The van der Waals surface area contributed by atoms with E-state index >= 15 is 0 Å². The van der Waals surface area contributed by atoms with Gasteiger partial charge in [-0.15, -0.1) is 0 Å². The first kappa shape index (κ1) is 21.8. The van der Waals surface area contributed by atoms with Crippen molar-refractivity contribution in [2.75, 3.05) is 47.5 Å². The molecular formula is C20H31N3O5. The summed E-state index contributed by atoms with van der Waals surface area (Å²) in [6.07, 6.45) is 2.53. The van der Waals surface area contributed by atoms with Crippen LogP contribution >= 0.6 is 0 Å². The smallest absolute Gasteiger partial charge is 0.251 e. The molecule has 0 unspecified atom stereocenters. The molecule has 2 N–H and O–H groups in total. The number of amides is 2. The quantitative estimate of drug-likeness (QED) is 0.625. The number of rotatable bonds is 10. The number of hydrogen-bond acceptors (Lipinski definition) is 6. The number of nitrogens with one attached hydrogen (secondary N) is 2. The normalized spacial score (nSPS) is 16.5. The molecular weight excluding hydrogens is 362 g/mol. The molecule has 1 aromatic carbocycles. The number of benzene rings is 1. The number of likely N-dealkylation sites (tertiary alicyclic amines) is 1. The highest BCUT2D eigenvalue weighted by Crippen LogP contribution is 2.38. The SMILES string of the molecule is CCN1CCC[C@H]1CNC(=O)CCNC(=O)c1cc(OC)c(OC)c(OC)c1. The van der Waals surface area contributed by atoms with Gasteiger partial charge in [-0.05, 0) is 38.1 Å². The first-order valence-corrected chi connectivity index (χ1v) is 9.62. The van der Waals surface area contributed by atoms with E-state index in [0.717, 1.165) is 19.5 Å². The van der Waals surface area contributed by atoms with E-state index in [0.29, 0.717) is 35.4 Å². The fourth-order valence-electron chi connectivity index (χ4n) is 3.47. The van der Waals surface area contributed by atoms with Crippen LogP contribution in [0.2, 0.25) is 0 Å². The molecule has 2 amide bonds. The minimum Gasteiger partial charge on any atom is -0.493 e. The zero-order valence-corrected chi connectivity index (χ0v) is 17.2. The molecule has 8 heteroatoms. The minimum atomic E-state index is -0.306. The highest BCUT2D eigenvalue weighted by molar-refractivity contribution is 5.95. The van der Waals surface area contributed by atoms with Crippen molar-refractivity contribution in [3.63, 3.8) is 0 Å². The van der Waals surface area contributed by atoms with E-state index in [1.165, 1.54) is 27.8 Å². The summed E-state index contributed by atoms with van der Waals surface area (Å²) < 4.78 is 15.8. The molecule has 2 rings (SSSR count). The fraction of sp³-hybridized carbons (Fsp3) is 0.600. The monoisotopic (exact) mass is 393 g/mol. The van der Waals surface area contributed by atoms with Gasteiger partial charge in [0.25, 0.3) is 5.91 Å². The minimum absolute atomic E-state index is 0.0619. The molecule has 1 atom stereocenters. The number of nitrogens with zero attached hydrogens (tertiary/aromatic N) is 1. The van der Waals surface area contributed by atoms with Crippen LogP contribution in [0, 0.1) is 0 Å². The Kier molecular flexibility index (Phi) is 8.38. The van der Waals surface area contributed by atoms with Gasteiger partial charge in [0.2, 0.25) is 11.7 Å². The second kappa shape index (κ2) is 10.8. The van der Waals surface area contributed by atoms with Crippen LogP contribution in [-0.4, -0.2) is 70.3 Å². The summed E-state index contributed by atoms with van der Waals surface area (Å²) in [5.41, 5.74) is 0.374. The van der Waals surface area contributed by atoms with Gasteiger partial charge in [0, 0.05) is 31.1 Å². The summed E-state index contributed by atoms with van der Waals surface area (Å²) in [5, 5.41) is 5.72. The van der Waals surface area contributed by atoms with E-state index in [4.69, 9.17) is 14.2 Å². The maximum atomic E-state index is 12.4. The lowest BCUT2D eigenvalue weighted by atomic mass is 10.1. The van der Waals surface area contributed by atoms with Crippen molar-refractivity contribution < 1.29 is 23.8 Å². The van der Waals surface area contributed by atoms with Crippen molar-refractivity contribution in [1.82, 2.24) is 15.5 Å². The Morgan fingerprint density at radius 2 is 1.79 bits per heavy atom. The van der Waals surface area contributed by atoms with Crippen molar-refractivity contribution in [1.29, 1.82) is 0 Å². The first-order valence-electron chi connectivity index (χ1n) is 9.62. The van der Waals surface area contributed by atoms with Gasteiger partial charge in [-0.3, -0.25) is 14.5 Å². The topological polar surface area (TPSA) is 89.1 Å². The molecule has 156 valence electrons.